The SMILES string of the molecule is COc1ccc(CNCc2cn3ccsc3n2)c(OC)c1. The van der Waals surface area contributed by atoms with Crippen LogP contribution in [0.25, 0.3) is 4.96 Å². The third kappa shape index (κ3) is 3.01. The second kappa shape index (κ2) is 6.15. The number of aromatic nitrogens is 2. The smallest absolute Gasteiger partial charge is 0.193 e. The van der Waals surface area contributed by atoms with Crippen molar-refractivity contribution in [2.75, 3.05) is 14.2 Å². The van der Waals surface area contributed by atoms with E-state index in [9.17, 15) is 0 Å². The predicted molar refractivity (Wildman–Crippen MR) is 83.2 cm³/mol. The molecule has 21 heavy (non-hydrogen) atoms. The molecule has 3 rings (SSSR count). The summed E-state index contributed by atoms with van der Waals surface area (Å²) in [4.78, 5) is 5.56. The molecule has 0 unspecified atom stereocenters. The number of benzene rings is 1. The zero-order valence-electron chi connectivity index (χ0n) is 12.0. The van der Waals surface area contributed by atoms with Crippen molar-refractivity contribution in [3.8, 4) is 11.5 Å². The van der Waals surface area contributed by atoms with E-state index in [1.54, 1.807) is 25.6 Å². The summed E-state index contributed by atoms with van der Waals surface area (Å²) in [5.41, 5.74) is 2.13. The number of hydrogen-bond donors (Lipinski definition) is 1. The monoisotopic (exact) mass is 303 g/mol. The summed E-state index contributed by atoms with van der Waals surface area (Å²) in [7, 11) is 3.32. The van der Waals surface area contributed by atoms with Crippen molar-refractivity contribution in [3.05, 3.63) is 47.2 Å². The van der Waals surface area contributed by atoms with Crippen LogP contribution in [-0.2, 0) is 13.1 Å². The average Bonchev–Trinajstić information content (AvgIpc) is 3.08. The Kier molecular flexibility index (Phi) is 4.08. The van der Waals surface area contributed by atoms with Gasteiger partial charge in [-0.25, -0.2) is 4.98 Å². The van der Waals surface area contributed by atoms with Crippen LogP contribution in [0.3, 0.4) is 0 Å². The molecule has 0 saturated carbocycles. The van der Waals surface area contributed by atoms with Crippen molar-refractivity contribution in [3.63, 3.8) is 0 Å². The van der Waals surface area contributed by atoms with Gasteiger partial charge in [-0.05, 0) is 6.07 Å². The lowest BCUT2D eigenvalue weighted by molar-refractivity contribution is 0.389. The van der Waals surface area contributed by atoms with Crippen LogP contribution in [0.15, 0.2) is 36.0 Å². The van der Waals surface area contributed by atoms with Crippen LogP contribution in [0.5, 0.6) is 11.5 Å². The molecule has 2 aromatic heterocycles. The molecule has 3 aromatic rings. The van der Waals surface area contributed by atoms with Gasteiger partial charge in [0.15, 0.2) is 4.96 Å². The molecular weight excluding hydrogens is 286 g/mol. The van der Waals surface area contributed by atoms with Crippen molar-refractivity contribution >= 4 is 16.3 Å². The number of imidazole rings is 1. The van der Waals surface area contributed by atoms with E-state index in [-0.39, 0.29) is 0 Å². The molecule has 6 heteroatoms. The molecule has 2 heterocycles. The van der Waals surface area contributed by atoms with E-state index < -0.39 is 0 Å². The fourth-order valence-electron chi connectivity index (χ4n) is 2.18. The summed E-state index contributed by atoms with van der Waals surface area (Å²) < 4.78 is 12.6. The molecule has 5 nitrogen and oxygen atoms in total. The number of rotatable bonds is 6. The van der Waals surface area contributed by atoms with E-state index in [0.29, 0.717) is 0 Å². The van der Waals surface area contributed by atoms with Gasteiger partial charge in [0.25, 0.3) is 0 Å². The van der Waals surface area contributed by atoms with Crippen molar-refractivity contribution in [2.45, 2.75) is 13.1 Å². The number of ether oxygens (including phenoxy) is 2. The molecule has 0 fully saturated rings. The number of nitrogens with zero attached hydrogens (tertiary/aromatic N) is 2. The van der Waals surface area contributed by atoms with Crippen LogP contribution < -0.4 is 14.8 Å². The number of fused-ring (bicyclic) bond motifs is 1. The number of thiazole rings is 1. The first kappa shape index (κ1) is 13.9. The first-order chi connectivity index (χ1) is 10.3. The molecule has 1 N–H and O–H groups in total. The topological polar surface area (TPSA) is 47.8 Å². The molecule has 0 aliphatic carbocycles. The fraction of sp³-hybridized carbons (Fsp3) is 0.267. The molecule has 0 radical (unpaired) electrons. The lowest BCUT2D eigenvalue weighted by atomic mass is 10.2. The lowest BCUT2D eigenvalue weighted by Crippen LogP contribution is -2.13. The Morgan fingerprint density at radius 1 is 1.24 bits per heavy atom. The molecule has 0 bridgehead atoms. The maximum Gasteiger partial charge on any atom is 0.193 e. The van der Waals surface area contributed by atoms with Crippen LogP contribution in [0.1, 0.15) is 11.3 Å². The molecule has 0 saturated heterocycles. The minimum atomic E-state index is 0.721. The number of hydrogen-bond acceptors (Lipinski definition) is 5. The van der Waals surface area contributed by atoms with Gasteiger partial charge in [-0.1, -0.05) is 6.07 Å². The maximum atomic E-state index is 5.39. The molecule has 1 aromatic carbocycles. The van der Waals surface area contributed by atoms with E-state index in [0.717, 1.165) is 40.8 Å². The molecule has 110 valence electrons. The Balaban J connectivity index is 1.63. The summed E-state index contributed by atoms with van der Waals surface area (Å²) in [6.07, 6.45) is 4.06. The Morgan fingerprint density at radius 3 is 2.90 bits per heavy atom. The number of nitrogens with one attached hydrogen (secondary N) is 1. The largest absolute Gasteiger partial charge is 0.497 e. The van der Waals surface area contributed by atoms with Gasteiger partial charge in [-0.15, -0.1) is 11.3 Å². The van der Waals surface area contributed by atoms with Gasteiger partial charge >= 0.3 is 0 Å². The van der Waals surface area contributed by atoms with Gasteiger partial charge in [-0.3, -0.25) is 4.40 Å². The van der Waals surface area contributed by atoms with Crippen molar-refractivity contribution in [2.24, 2.45) is 0 Å². The standard InChI is InChI=1S/C15H17N3O2S/c1-19-13-4-3-11(14(7-13)20-2)8-16-9-12-10-18-5-6-21-15(18)17-12/h3-7,10,16H,8-9H2,1-2H3. The zero-order chi connectivity index (χ0) is 14.7. The van der Waals surface area contributed by atoms with Gasteiger partial charge in [0.05, 0.1) is 19.9 Å². The molecule has 0 spiro atoms. The quantitative estimate of drug-likeness (QED) is 0.760. The first-order valence-corrected chi connectivity index (χ1v) is 7.51. The Hall–Kier alpha value is -2.05. The second-order valence-electron chi connectivity index (χ2n) is 4.61. The van der Waals surface area contributed by atoms with Gasteiger partial charge in [0.2, 0.25) is 0 Å². The van der Waals surface area contributed by atoms with Crippen molar-refractivity contribution in [1.29, 1.82) is 0 Å². The lowest BCUT2D eigenvalue weighted by Gasteiger charge is -2.10. The molecule has 0 aliphatic heterocycles. The van der Waals surface area contributed by atoms with Crippen LogP contribution in [0.2, 0.25) is 0 Å². The van der Waals surface area contributed by atoms with Crippen LogP contribution in [0, 0.1) is 0 Å². The number of methoxy groups -OCH3 is 2. The van der Waals surface area contributed by atoms with E-state index in [1.807, 2.05) is 40.4 Å². The van der Waals surface area contributed by atoms with E-state index >= 15 is 0 Å². The van der Waals surface area contributed by atoms with Crippen molar-refractivity contribution in [1.82, 2.24) is 14.7 Å². The van der Waals surface area contributed by atoms with E-state index in [2.05, 4.69) is 10.3 Å². The summed E-state index contributed by atoms with van der Waals surface area (Å²) >= 11 is 1.64. The molecule has 0 aliphatic rings. The minimum absolute atomic E-state index is 0.721. The highest BCUT2D eigenvalue weighted by molar-refractivity contribution is 7.15. The highest BCUT2D eigenvalue weighted by Gasteiger charge is 2.06. The normalized spacial score (nSPS) is 11.0. The predicted octanol–water partition coefficient (Wildman–Crippen LogP) is 2.70. The van der Waals surface area contributed by atoms with Crippen LogP contribution in [-0.4, -0.2) is 23.6 Å². The highest BCUT2D eigenvalue weighted by Crippen LogP contribution is 2.24. The summed E-state index contributed by atoms with van der Waals surface area (Å²) in [6, 6.07) is 5.84. The molecular formula is C15H17N3O2S. The Labute approximate surface area is 127 Å². The van der Waals surface area contributed by atoms with Crippen LogP contribution >= 0.6 is 11.3 Å². The Bertz CT molecular complexity index is 707. The maximum absolute atomic E-state index is 5.39. The van der Waals surface area contributed by atoms with E-state index in [4.69, 9.17) is 9.47 Å². The fourth-order valence-corrected chi connectivity index (χ4v) is 2.90. The highest BCUT2D eigenvalue weighted by atomic mass is 32.1. The average molecular weight is 303 g/mol. The molecule has 0 atom stereocenters. The minimum Gasteiger partial charge on any atom is -0.497 e. The van der Waals surface area contributed by atoms with Gasteiger partial charge in [-0.2, -0.15) is 0 Å². The van der Waals surface area contributed by atoms with Gasteiger partial charge < -0.3 is 14.8 Å². The Morgan fingerprint density at radius 2 is 2.14 bits per heavy atom. The molecule has 0 amide bonds. The first-order valence-electron chi connectivity index (χ1n) is 6.63. The van der Waals surface area contributed by atoms with Crippen LogP contribution in [0.4, 0.5) is 0 Å². The summed E-state index contributed by atoms with van der Waals surface area (Å²) in [6.45, 7) is 1.45. The third-order valence-electron chi connectivity index (χ3n) is 3.26. The second-order valence-corrected chi connectivity index (χ2v) is 5.48. The van der Waals surface area contributed by atoms with Gasteiger partial charge in [0.1, 0.15) is 11.5 Å². The zero-order valence-corrected chi connectivity index (χ0v) is 12.8. The van der Waals surface area contributed by atoms with Gasteiger partial charge in [0, 0.05) is 42.5 Å². The summed E-state index contributed by atoms with van der Waals surface area (Å²) in [5, 5.41) is 5.42. The van der Waals surface area contributed by atoms with E-state index in [1.165, 1.54) is 0 Å². The summed E-state index contributed by atoms with van der Waals surface area (Å²) in [5.74, 6) is 1.62. The van der Waals surface area contributed by atoms with Crippen molar-refractivity contribution < 1.29 is 9.47 Å². The third-order valence-corrected chi connectivity index (χ3v) is 4.03.